The molecule has 1 aromatic rings. The van der Waals surface area contributed by atoms with E-state index in [-0.39, 0.29) is 25.2 Å². The highest BCUT2D eigenvalue weighted by Crippen LogP contribution is 2.16. The molecule has 0 saturated heterocycles. The van der Waals surface area contributed by atoms with Gasteiger partial charge < -0.3 is 9.47 Å². The molecule has 0 heterocycles. The zero-order valence-corrected chi connectivity index (χ0v) is 11.6. The Morgan fingerprint density at radius 3 is 2.75 bits per heavy atom. The summed E-state index contributed by atoms with van der Waals surface area (Å²) in [6, 6.07) is 8.64. The van der Waals surface area contributed by atoms with Crippen LogP contribution >= 0.6 is 0 Å². The molecule has 0 aliphatic carbocycles. The molecule has 0 radical (unpaired) electrons. The summed E-state index contributed by atoms with van der Waals surface area (Å²) in [7, 11) is 1.52. The van der Waals surface area contributed by atoms with E-state index in [1.54, 1.807) is 31.2 Å². The molecule has 1 aromatic carbocycles. The van der Waals surface area contributed by atoms with Gasteiger partial charge in [0.2, 0.25) is 0 Å². The standard InChI is InChI=1S/C15H17NO4/c1-3-20-15(18)12(10-16)7-8-14(17)11-5-4-6-13(9-11)19-2/h4-6,9,12H,3,7-8H2,1-2H3. The second-order valence-corrected chi connectivity index (χ2v) is 4.13. The number of hydrogen-bond acceptors (Lipinski definition) is 5. The van der Waals surface area contributed by atoms with Crippen LogP contribution in [0.5, 0.6) is 5.75 Å². The van der Waals surface area contributed by atoms with E-state index in [0.717, 1.165) is 0 Å². The first-order valence-electron chi connectivity index (χ1n) is 6.35. The van der Waals surface area contributed by atoms with Crippen molar-refractivity contribution in [1.82, 2.24) is 0 Å². The molecule has 1 unspecified atom stereocenters. The molecule has 20 heavy (non-hydrogen) atoms. The Bertz CT molecular complexity index is 519. The summed E-state index contributed by atoms with van der Waals surface area (Å²) < 4.78 is 9.82. The first kappa shape index (κ1) is 15.7. The first-order valence-corrected chi connectivity index (χ1v) is 6.35. The van der Waals surface area contributed by atoms with Crippen LogP contribution in [-0.4, -0.2) is 25.5 Å². The second-order valence-electron chi connectivity index (χ2n) is 4.13. The van der Waals surface area contributed by atoms with E-state index >= 15 is 0 Å². The second kappa shape index (κ2) is 7.95. The highest BCUT2D eigenvalue weighted by Gasteiger charge is 2.20. The van der Waals surface area contributed by atoms with Crippen molar-refractivity contribution in [2.75, 3.05) is 13.7 Å². The van der Waals surface area contributed by atoms with Gasteiger partial charge in [-0.05, 0) is 25.5 Å². The summed E-state index contributed by atoms with van der Waals surface area (Å²) >= 11 is 0. The summed E-state index contributed by atoms with van der Waals surface area (Å²) in [4.78, 5) is 23.4. The number of Topliss-reactive ketones (excluding diaryl/α,β-unsaturated/α-hetero) is 1. The van der Waals surface area contributed by atoms with Gasteiger partial charge in [0.05, 0.1) is 19.8 Å². The van der Waals surface area contributed by atoms with Crippen LogP contribution < -0.4 is 4.74 Å². The Morgan fingerprint density at radius 1 is 1.40 bits per heavy atom. The van der Waals surface area contributed by atoms with Crippen LogP contribution in [0.25, 0.3) is 0 Å². The third kappa shape index (κ3) is 4.39. The van der Waals surface area contributed by atoms with E-state index in [1.165, 1.54) is 7.11 Å². The number of ether oxygens (including phenoxy) is 2. The van der Waals surface area contributed by atoms with Crippen molar-refractivity contribution in [2.24, 2.45) is 5.92 Å². The lowest BCUT2D eigenvalue weighted by molar-refractivity contribution is -0.146. The van der Waals surface area contributed by atoms with Crippen LogP contribution in [-0.2, 0) is 9.53 Å². The molecule has 0 N–H and O–H groups in total. The van der Waals surface area contributed by atoms with Crippen LogP contribution in [0.2, 0.25) is 0 Å². The lowest BCUT2D eigenvalue weighted by Gasteiger charge is -2.08. The Hall–Kier alpha value is -2.35. The number of rotatable bonds is 7. The average molecular weight is 275 g/mol. The maximum absolute atomic E-state index is 12.0. The van der Waals surface area contributed by atoms with E-state index in [0.29, 0.717) is 11.3 Å². The number of ketones is 1. The van der Waals surface area contributed by atoms with Gasteiger partial charge in [-0.3, -0.25) is 9.59 Å². The van der Waals surface area contributed by atoms with E-state index in [9.17, 15) is 9.59 Å². The molecule has 0 aromatic heterocycles. The fourth-order valence-corrected chi connectivity index (χ4v) is 1.69. The van der Waals surface area contributed by atoms with Crippen LogP contribution in [0, 0.1) is 17.2 Å². The molecule has 0 fully saturated rings. The SMILES string of the molecule is CCOC(=O)C(C#N)CCC(=O)c1cccc(OC)c1. The summed E-state index contributed by atoms with van der Waals surface area (Å²) in [5.41, 5.74) is 0.505. The van der Waals surface area contributed by atoms with Gasteiger partial charge in [-0.15, -0.1) is 0 Å². The first-order chi connectivity index (χ1) is 9.62. The zero-order chi connectivity index (χ0) is 15.0. The van der Waals surface area contributed by atoms with Crippen LogP contribution in [0.1, 0.15) is 30.1 Å². The van der Waals surface area contributed by atoms with Gasteiger partial charge in [0.1, 0.15) is 11.7 Å². The van der Waals surface area contributed by atoms with Crippen LogP contribution in [0.15, 0.2) is 24.3 Å². The predicted octanol–water partition coefficient (Wildman–Crippen LogP) is 2.36. The molecule has 5 nitrogen and oxygen atoms in total. The Balaban J connectivity index is 2.62. The summed E-state index contributed by atoms with van der Waals surface area (Å²) in [5, 5.41) is 8.91. The van der Waals surface area contributed by atoms with Crippen molar-refractivity contribution in [1.29, 1.82) is 5.26 Å². The zero-order valence-electron chi connectivity index (χ0n) is 11.6. The van der Waals surface area contributed by atoms with Gasteiger partial charge in [-0.25, -0.2) is 0 Å². The Labute approximate surface area is 118 Å². The third-order valence-corrected chi connectivity index (χ3v) is 2.78. The molecule has 1 rings (SSSR count). The van der Waals surface area contributed by atoms with Crippen molar-refractivity contribution in [2.45, 2.75) is 19.8 Å². The monoisotopic (exact) mass is 275 g/mol. The van der Waals surface area contributed by atoms with Crippen molar-refractivity contribution in [3.05, 3.63) is 29.8 Å². The van der Waals surface area contributed by atoms with Crippen molar-refractivity contribution < 1.29 is 19.1 Å². The largest absolute Gasteiger partial charge is 0.497 e. The molecular formula is C15H17NO4. The highest BCUT2D eigenvalue weighted by atomic mass is 16.5. The summed E-state index contributed by atoms with van der Waals surface area (Å²) in [5.74, 6) is -1.01. The number of nitrogens with zero attached hydrogens (tertiary/aromatic N) is 1. The number of carbonyl (C=O) groups excluding carboxylic acids is 2. The van der Waals surface area contributed by atoms with Gasteiger partial charge in [-0.1, -0.05) is 12.1 Å². The number of benzene rings is 1. The molecule has 5 heteroatoms. The number of carbonyl (C=O) groups is 2. The fraction of sp³-hybridized carbons (Fsp3) is 0.400. The molecule has 0 amide bonds. The molecular weight excluding hydrogens is 258 g/mol. The van der Waals surface area contributed by atoms with E-state index in [2.05, 4.69) is 0 Å². The van der Waals surface area contributed by atoms with Gasteiger partial charge in [-0.2, -0.15) is 5.26 Å². The Kier molecular flexibility index (Phi) is 6.24. The van der Waals surface area contributed by atoms with Crippen molar-refractivity contribution in [3.63, 3.8) is 0 Å². The molecule has 0 saturated carbocycles. The number of esters is 1. The number of hydrogen-bond donors (Lipinski definition) is 0. The summed E-state index contributed by atoms with van der Waals surface area (Å²) in [6.45, 7) is 1.90. The minimum Gasteiger partial charge on any atom is -0.497 e. The van der Waals surface area contributed by atoms with Crippen molar-refractivity contribution >= 4 is 11.8 Å². The van der Waals surface area contributed by atoms with Gasteiger partial charge in [0, 0.05) is 12.0 Å². The Morgan fingerprint density at radius 2 is 2.15 bits per heavy atom. The van der Waals surface area contributed by atoms with E-state index < -0.39 is 11.9 Å². The molecule has 0 spiro atoms. The van der Waals surface area contributed by atoms with Crippen molar-refractivity contribution in [3.8, 4) is 11.8 Å². The molecule has 0 aliphatic heterocycles. The van der Waals surface area contributed by atoms with Gasteiger partial charge in [0.15, 0.2) is 5.78 Å². The molecule has 0 bridgehead atoms. The maximum atomic E-state index is 12.0. The molecule has 106 valence electrons. The maximum Gasteiger partial charge on any atom is 0.323 e. The minimum absolute atomic E-state index is 0.115. The lowest BCUT2D eigenvalue weighted by atomic mass is 9.99. The van der Waals surface area contributed by atoms with Crippen LogP contribution in [0.3, 0.4) is 0 Å². The highest BCUT2D eigenvalue weighted by molar-refractivity contribution is 5.96. The smallest absolute Gasteiger partial charge is 0.323 e. The predicted molar refractivity (Wildman–Crippen MR) is 72.3 cm³/mol. The molecule has 0 aliphatic rings. The summed E-state index contributed by atoms with van der Waals surface area (Å²) in [6.07, 6.45) is 0.273. The third-order valence-electron chi connectivity index (χ3n) is 2.78. The fourth-order valence-electron chi connectivity index (χ4n) is 1.69. The van der Waals surface area contributed by atoms with E-state index in [1.807, 2.05) is 6.07 Å². The quantitative estimate of drug-likeness (QED) is 0.564. The average Bonchev–Trinajstić information content (AvgIpc) is 2.48. The van der Waals surface area contributed by atoms with E-state index in [4.69, 9.17) is 14.7 Å². The number of nitriles is 1. The van der Waals surface area contributed by atoms with Crippen LogP contribution in [0.4, 0.5) is 0 Å². The lowest BCUT2D eigenvalue weighted by Crippen LogP contribution is -2.17. The minimum atomic E-state index is -0.899. The molecule has 1 atom stereocenters. The van der Waals surface area contributed by atoms with Gasteiger partial charge in [0.25, 0.3) is 0 Å². The number of methoxy groups -OCH3 is 1. The topological polar surface area (TPSA) is 76.4 Å². The normalized spacial score (nSPS) is 11.2. The van der Waals surface area contributed by atoms with Gasteiger partial charge >= 0.3 is 5.97 Å².